The van der Waals surface area contributed by atoms with Crippen LogP contribution in [0.2, 0.25) is 0 Å². The van der Waals surface area contributed by atoms with E-state index in [0.717, 1.165) is 0 Å². The number of benzene rings is 1. The van der Waals surface area contributed by atoms with Crippen molar-refractivity contribution in [2.24, 2.45) is 0 Å². The summed E-state index contributed by atoms with van der Waals surface area (Å²) in [6, 6.07) is 4.86. The van der Waals surface area contributed by atoms with Gasteiger partial charge < -0.3 is 10.5 Å². The van der Waals surface area contributed by atoms with Crippen molar-refractivity contribution in [3.8, 4) is 11.5 Å². The average Bonchev–Trinajstić information content (AvgIpc) is 2.38. The number of ether oxygens (including phenoxy) is 1. The molecule has 2 N–H and O–H groups in total. The largest absolute Gasteiger partial charge is 0.456 e. The van der Waals surface area contributed by atoms with E-state index in [1.807, 2.05) is 22.6 Å². The number of rotatable bonds is 3. The first-order valence-electron chi connectivity index (χ1n) is 5.73. The molecule has 2 rings (SSSR count). The molecule has 2 aromatic rings. The number of nitro groups is 1. The molecule has 0 atom stereocenters. The summed E-state index contributed by atoms with van der Waals surface area (Å²) in [5.74, 6) is 1.53. The number of nitrogens with zero attached hydrogens (tertiary/aromatic N) is 2. The zero-order chi connectivity index (χ0) is 14.9. The van der Waals surface area contributed by atoms with Gasteiger partial charge in [-0.2, -0.15) is 0 Å². The van der Waals surface area contributed by atoms with Crippen molar-refractivity contribution in [1.29, 1.82) is 0 Å². The van der Waals surface area contributed by atoms with Gasteiger partial charge in [0.2, 0.25) is 0 Å². The third-order valence-corrected chi connectivity index (χ3v) is 3.88. The molecule has 0 amide bonds. The van der Waals surface area contributed by atoms with Crippen molar-refractivity contribution >= 4 is 34.1 Å². The summed E-state index contributed by atoms with van der Waals surface area (Å²) >= 11 is 2.05. The third-order valence-electron chi connectivity index (χ3n) is 2.79. The minimum Gasteiger partial charge on any atom is -0.456 e. The van der Waals surface area contributed by atoms with E-state index in [-0.39, 0.29) is 5.69 Å². The van der Waals surface area contributed by atoms with E-state index < -0.39 is 4.92 Å². The molecule has 1 heterocycles. The number of anilines is 1. The van der Waals surface area contributed by atoms with Crippen molar-refractivity contribution < 1.29 is 9.66 Å². The second kappa shape index (κ2) is 5.61. The van der Waals surface area contributed by atoms with Crippen molar-refractivity contribution in [2.75, 3.05) is 5.73 Å². The highest BCUT2D eigenvalue weighted by molar-refractivity contribution is 14.1. The number of hydrogen-bond acceptors (Lipinski definition) is 5. The summed E-state index contributed by atoms with van der Waals surface area (Å²) < 4.78 is 6.50. The molecule has 0 aliphatic carbocycles. The second-order valence-electron chi connectivity index (χ2n) is 4.27. The maximum absolute atomic E-state index is 10.9. The molecular weight excluding hydrogens is 373 g/mol. The van der Waals surface area contributed by atoms with E-state index >= 15 is 0 Å². The van der Waals surface area contributed by atoms with Crippen molar-refractivity contribution in [3.63, 3.8) is 0 Å². The molecule has 0 aliphatic rings. The van der Waals surface area contributed by atoms with Gasteiger partial charge >= 0.3 is 0 Å². The molecule has 1 aromatic heterocycles. The molecule has 6 nitrogen and oxygen atoms in total. The van der Waals surface area contributed by atoms with Gasteiger partial charge in [0.15, 0.2) is 0 Å². The van der Waals surface area contributed by atoms with E-state index in [0.29, 0.717) is 32.0 Å². The fourth-order valence-electron chi connectivity index (χ4n) is 1.72. The number of aromatic nitrogens is 1. The van der Waals surface area contributed by atoms with Crippen LogP contribution in [0, 0.1) is 27.5 Å². The molecule has 0 unspecified atom stereocenters. The minimum absolute atomic E-state index is 0.0822. The molecule has 104 valence electrons. The Hall–Kier alpha value is -1.90. The lowest BCUT2D eigenvalue weighted by Gasteiger charge is -2.12. The van der Waals surface area contributed by atoms with Crippen LogP contribution in [0.3, 0.4) is 0 Å². The number of pyridine rings is 1. The number of nitro benzene ring substituents is 1. The van der Waals surface area contributed by atoms with E-state index in [9.17, 15) is 10.1 Å². The lowest BCUT2D eigenvalue weighted by atomic mass is 10.1. The number of halogens is 1. The highest BCUT2D eigenvalue weighted by Gasteiger charge is 2.15. The standard InChI is InChI=1S/C13H12IN3O3/c1-7-6-11(8(2)5-9(7)17(18)19)20-10-3-4-16-13(15)12(10)14/h3-6H,1-2H3,(H2,15,16). The van der Waals surface area contributed by atoms with E-state index in [4.69, 9.17) is 10.5 Å². The quantitative estimate of drug-likeness (QED) is 0.495. The average molecular weight is 385 g/mol. The van der Waals surface area contributed by atoms with Crippen molar-refractivity contribution in [1.82, 2.24) is 4.98 Å². The van der Waals surface area contributed by atoms with Gasteiger partial charge in [-0.05, 0) is 48.1 Å². The van der Waals surface area contributed by atoms with Gasteiger partial charge in [-0.1, -0.05) is 0 Å². The van der Waals surface area contributed by atoms with E-state index in [1.54, 1.807) is 32.2 Å². The molecule has 7 heteroatoms. The molecule has 0 bridgehead atoms. The van der Waals surface area contributed by atoms with Gasteiger partial charge in [-0.3, -0.25) is 10.1 Å². The van der Waals surface area contributed by atoms with Gasteiger partial charge in [0.1, 0.15) is 17.3 Å². The SMILES string of the molecule is Cc1cc([N+](=O)[O-])c(C)cc1Oc1ccnc(N)c1I. The summed E-state index contributed by atoms with van der Waals surface area (Å²) in [5, 5.41) is 10.9. The van der Waals surface area contributed by atoms with Crippen LogP contribution in [0.1, 0.15) is 11.1 Å². The van der Waals surface area contributed by atoms with Gasteiger partial charge in [0.05, 0.1) is 8.49 Å². The van der Waals surface area contributed by atoms with Gasteiger partial charge in [-0.25, -0.2) is 4.98 Å². The Morgan fingerprint density at radius 3 is 2.65 bits per heavy atom. The monoisotopic (exact) mass is 385 g/mol. The van der Waals surface area contributed by atoms with Crippen LogP contribution in [0.15, 0.2) is 24.4 Å². The minimum atomic E-state index is -0.402. The Kier molecular flexibility index (Phi) is 4.07. The summed E-state index contributed by atoms with van der Waals surface area (Å²) in [5.41, 5.74) is 7.04. The first-order valence-corrected chi connectivity index (χ1v) is 6.81. The van der Waals surface area contributed by atoms with Crippen LogP contribution in [-0.2, 0) is 0 Å². The molecule has 0 fully saturated rings. The molecule has 1 aromatic carbocycles. The lowest BCUT2D eigenvalue weighted by molar-refractivity contribution is -0.385. The van der Waals surface area contributed by atoms with Crippen molar-refractivity contribution in [2.45, 2.75) is 13.8 Å². The van der Waals surface area contributed by atoms with Gasteiger partial charge in [0.25, 0.3) is 5.69 Å². The topological polar surface area (TPSA) is 91.3 Å². The summed E-state index contributed by atoms with van der Waals surface area (Å²) in [7, 11) is 0. The number of nitrogens with two attached hydrogens (primary N) is 1. The summed E-state index contributed by atoms with van der Waals surface area (Å²) in [4.78, 5) is 14.4. The summed E-state index contributed by atoms with van der Waals surface area (Å²) in [6.07, 6.45) is 1.56. The lowest BCUT2D eigenvalue weighted by Crippen LogP contribution is -1.98. The van der Waals surface area contributed by atoms with Gasteiger partial charge in [0, 0.05) is 23.9 Å². The molecular formula is C13H12IN3O3. The van der Waals surface area contributed by atoms with Crippen molar-refractivity contribution in [3.05, 3.63) is 49.2 Å². The second-order valence-corrected chi connectivity index (χ2v) is 5.35. The predicted octanol–water partition coefficient (Wildman–Crippen LogP) is 3.59. The summed E-state index contributed by atoms with van der Waals surface area (Å²) in [6.45, 7) is 3.44. The first-order chi connectivity index (χ1) is 9.40. The third kappa shape index (κ3) is 2.82. The van der Waals surface area contributed by atoms with Crippen LogP contribution in [-0.4, -0.2) is 9.91 Å². The van der Waals surface area contributed by atoms with Crippen LogP contribution >= 0.6 is 22.6 Å². The predicted molar refractivity (Wildman–Crippen MR) is 84.0 cm³/mol. The van der Waals surface area contributed by atoms with E-state index in [2.05, 4.69) is 4.98 Å². The molecule has 0 radical (unpaired) electrons. The van der Waals surface area contributed by atoms with Gasteiger partial charge in [-0.15, -0.1) is 0 Å². The fraction of sp³-hybridized carbons (Fsp3) is 0.154. The smallest absolute Gasteiger partial charge is 0.272 e. The molecule has 0 saturated carbocycles. The zero-order valence-corrected chi connectivity index (χ0v) is 13.0. The Balaban J connectivity index is 2.42. The zero-order valence-electron chi connectivity index (χ0n) is 10.9. The van der Waals surface area contributed by atoms with Crippen LogP contribution < -0.4 is 10.5 Å². The molecule has 0 saturated heterocycles. The Labute approximate surface area is 129 Å². The van der Waals surface area contributed by atoms with E-state index in [1.165, 1.54) is 6.07 Å². The fourth-order valence-corrected chi connectivity index (χ4v) is 2.15. The Morgan fingerprint density at radius 1 is 1.30 bits per heavy atom. The maximum atomic E-state index is 10.9. The van der Waals surface area contributed by atoms with Crippen LogP contribution in [0.25, 0.3) is 0 Å². The highest BCUT2D eigenvalue weighted by Crippen LogP contribution is 2.34. The molecule has 0 aliphatic heterocycles. The molecule has 0 spiro atoms. The maximum Gasteiger partial charge on any atom is 0.272 e. The highest BCUT2D eigenvalue weighted by atomic mass is 127. The number of hydrogen-bond donors (Lipinski definition) is 1. The Bertz CT molecular complexity index is 689. The first kappa shape index (κ1) is 14.5. The molecule has 20 heavy (non-hydrogen) atoms. The number of aryl methyl sites for hydroxylation is 2. The Morgan fingerprint density at radius 2 is 2.00 bits per heavy atom. The van der Waals surface area contributed by atoms with Crippen LogP contribution in [0.4, 0.5) is 11.5 Å². The number of nitrogen functional groups attached to an aromatic ring is 1. The normalized spacial score (nSPS) is 10.3. The van der Waals surface area contributed by atoms with Crippen LogP contribution in [0.5, 0.6) is 11.5 Å².